The van der Waals surface area contributed by atoms with E-state index in [9.17, 15) is 4.39 Å². The number of nitrogens with one attached hydrogen (secondary N) is 2. The number of hydrogen-bond acceptors (Lipinski definition) is 3. The Labute approximate surface area is 136 Å². The van der Waals surface area contributed by atoms with Gasteiger partial charge in [-0.05, 0) is 37.8 Å². The Hall–Kier alpha value is -1.27. The summed E-state index contributed by atoms with van der Waals surface area (Å²) >= 11 is 1.80. The first-order chi connectivity index (χ1) is 10.4. The third kappa shape index (κ3) is 6.23. The van der Waals surface area contributed by atoms with Gasteiger partial charge in [-0.25, -0.2) is 4.39 Å². The van der Waals surface area contributed by atoms with Crippen LogP contribution in [-0.2, 0) is 4.74 Å². The number of thioether (sulfide) groups is 1. The molecule has 1 aromatic carbocycles. The third-order valence-electron chi connectivity index (χ3n) is 3.44. The lowest BCUT2D eigenvalue weighted by molar-refractivity contribution is 0.106. The number of aliphatic imine (C=N–C) groups is 1. The monoisotopic (exact) mass is 327 g/mol. The van der Waals surface area contributed by atoms with Gasteiger partial charge in [0.15, 0.2) is 5.96 Å². The summed E-state index contributed by atoms with van der Waals surface area (Å²) in [5.41, 5.74) is 0.927. The number of benzene rings is 1. The minimum absolute atomic E-state index is 0.134. The number of hydrogen-bond donors (Lipinski definition) is 2. The second kappa shape index (κ2) is 9.00. The van der Waals surface area contributed by atoms with Crippen LogP contribution in [0.5, 0.6) is 0 Å². The molecule has 0 saturated heterocycles. The van der Waals surface area contributed by atoms with E-state index in [1.165, 1.54) is 12.1 Å². The van der Waals surface area contributed by atoms with E-state index in [1.54, 1.807) is 38.1 Å². The molecule has 124 valence electrons. The summed E-state index contributed by atoms with van der Waals surface area (Å²) in [5.74, 6) is 0.481. The van der Waals surface area contributed by atoms with E-state index in [4.69, 9.17) is 4.74 Å². The molecule has 0 aliphatic carbocycles. The molecule has 0 spiro atoms. The SMILES string of the molecule is CN=C(NCC(OC)c1ccc(F)cc1)NCC(C)(C)SC. The van der Waals surface area contributed by atoms with Gasteiger partial charge >= 0.3 is 0 Å². The maximum atomic E-state index is 13.0. The number of rotatable bonds is 7. The number of halogens is 1. The van der Waals surface area contributed by atoms with Crippen molar-refractivity contribution in [1.82, 2.24) is 10.6 Å². The summed E-state index contributed by atoms with van der Waals surface area (Å²) < 4.78 is 18.6. The maximum absolute atomic E-state index is 13.0. The van der Waals surface area contributed by atoms with Crippen molar-refractivity contribution in [3.8, 4) is 0 Å². The number of guanidine groups is 1. The number of ether oxygens (including phenoxy) is 1. The van der Waals surface area contributed by atoms with Gasteiger partial charge < -0.3 is 15.4 Å². The van der Waals surface area contributed by atoms with E-state index in [2.05, 4.69) is 35.7 Å². The summed E-state index contributed by atoms with van der Waals surface area (Å²) in [5, 5.41) is 6.54. The molecule has 22 heavy (non-hydrogen) atoms. The van der Waals surface area contributed by atoms with Crippen LogP contribution in [0.1, 0.15) is 25.5 Å². The molecule has 0 fully saturated rings. The normalized spacial score (nSPS) is 13.8. The van der Waals surface area contributed by atoms with E-state index in [-0.39, 0.29) is 16.7 Å². The standard InChI is InChI=1S/C16H26FN3OS/c1-16(2,22-5)11-20-15(18-3)19-10-14(21-4)12-6-8-13(17)9-7-12/h6-9,14H,10-11H2,1-5H3,(H2,18,19,20). The van der Waals surface area contributed by atoms with Gasteiger partial charge in [-0.15, -0.1) is 0 Å². The highest BCUT2D eigenvalue weighted by molar-refractivity contribution is 7.99. The lowest BCUT2D eigenvalue weighted by Crippen LogP contribution is -2.44. The highest BCUT2D eigenvalue weighted by Crippen LogP contribution is 2.19. The first-order valence-electron chi connectivity index (χ1n) is 7.20. The molecule has 1 aromatic rings. The zero-order chi connectivity index (χ0) is 16.6. The summed E-state index contributed by atoms with van der Waals surface area (Å²) in [7, 11) is 3.38. The molecule has 1 rings (SSSR count). The Morgan fingerprint density at radius 1 is 1.32 bits per heavy atom. The van der Waals surface area contributed by atoms with Crippen molar-refractivity contribution in [2.24, 2.45) is 4.99 Å². The molecule has 0 heterocycles. The first kappa shape index (κ1) is 18.8. The Morgan fingerprint density at radius 3 is 2.45 bits per heavy atom. The molecule has 0 saturated carbocycles. The molecule has 2 N–H and O–H groups in total. The molecule has 1 atom stereocenters. The van der Waals surface area contributed by atoms with Crippen LogP contribution in [0.15, 0.2) is 29.3 Å². The molecular formula is C16H26FN3OS. The van der Waals surface area contributed by atoms with Crippen molar-refractivity contribution in [3.05, 3.63) is 35.6 Å². The molecule has 4 nitrogen and oxygen atoms in total. The van der Waals surface area contributed by atoms with Crippen LogP contribution in [0.25, 0.3) is 0 Å². The first-order valence-corrected chi connectivity index (χ1v) is 8.42. The predicted octanol–water partition coefficient (Wildman–Crippen LogP) is 2.82. The average molecular weight is 327 g/mol. The lowest BCUT2D eigenvalue weighted by Gasteiger charge is -2.24. The van der Waals surface area contributed by atoms with Crippen molar-refractivity contribution in [3.63, 3.8) is 0 Å². The van der Waals surface area contributed by atoms with Crippen LogP contribution >= 0.6 is 11.8 Å². The van der Waals surface area contributed by atoms with Crippen LogP contribution in [0.4, 0.5) is 4.39 Å². The number of methoxy groups -OCH3 is 1. The van der Waals surface area contributed by atoms with Crippen LogP contribution in [0, 0.1) is 5.82 Å². The van der Waals surface area contributed by atoms with Crippen LogP contribution < -0.4 is 10.6 Å². The van der Waals surface area contributed by atoms with Crippen molar-refractivity contribution in [2.75, 3.05) is 33.5 Å². The molecular weight excluding hydrogens is 301 g/mol. The average Bonchev–Trinajstić information content (AvgIpc) is 2.52. The largest absolute Gasteiger partial charge is 0.375 e. The van der Waals surface area contributed by atoms with Gasteiger partial charge in [0, 0.05) is 32.0 Å². The zero-order valence-electron chi connectivity index (χ0n) is 13.9. The van der Waals surface area contributed by atoms with Crippen LogP contribution in [0.3, 0.4) is 0 Å². The van der Waals surface area contributed by atoms with Gasteiger partial charge in [-0.3, -0.25) is 4.99 Å². The lowest BCUT2D eigenvalue weighted by atomic mass is 10.1. The Kier molecular flexibility index (Phi) is 7.68. The van der Waals surface area contributed by atoms with Crippen molar-refractivity contribution in [2.45, 2.75) is 24.7 Å². The Morgan fingerprint density at radius 2 is 1.95 bits per heavy atom. The molecule has 0 bridgehead atoms. The molecule has 1 unspecified atom stereocenters. The highest BCUT2D eigenvalue weighted by atomic mass is 32.2. The van der Waals surface area contributed by atoms with Crippen molar-refractivity contribution < 1.29 is 9.13 Å². The smallest absolute Gasteiger partial charge is 0.191 e. The molecule has 0 radical (unpaired) electrons. The highest BCUT2D eigenvalue weighted by Gasteiger charge is 2.17. The van der Waals surface area contributed by atoms with Gasteiger partial charge in [-0.1, -0.05) is 12.1 Å². The number of nitrogens with zero attached hydrogens (tertiary/aromatic N) is 1. The van der Waals surface area contributed by atoms with E-state index in [0.29, 0.717) is 6.54 Å². The van der Waals surface area contributed by atoms with Gasteiger partial charge in [0.1, 0.15) is 5.82 Å². The summed E-state index contributed by atoms with van der Waals surface area (Å²) in [4.78, 5) is 4.21. The van der Waals surface area contributed by atoms with E-state index < -0.39 is 0 Å². The summed E-state index contributed by atoms with van der Waals surface area (Å²) in [6.45, 7) is 5.71. The van der Waals surface area contributed by atoms with Gasteiger partial charge in [0.2, 0.25) is 0 Å². The fourth-order valence-corrected chi connectivity index (χ4v) is 2.01. The van der Waals surface area contributed by atoms with Crippen molar-refractivity contribution in [1.29, 1.82) is 0 Å². The van der Waals surface area contributed by atoms with Gasteiger partial charge in [-0.2, -0.15) is 11.8 Å². The maximum Gasteiger partial charge on any atom is 0.191 e. The fourth-order valence-electron chi connectivity index (χ4n) is 1.79. The predicted molar refractivity (Wildman–Crippen MR) is 93.1 cm³/mol. The summed E-state index contributed by atoms with van der Waals surface area (Å²) in [6.07, 6.45) is 1.93. The van der Waals surface area contributed by atoms with E-state index >= 15 is 0 Å². The minimum Gasteiger partial charge on any atom is -0.375 e. The van der Waals surface area contributed by atoms with Gasteiger partial charge in [0.05, 0.1) is 6.10 Å². The molecule has 0 aliphatic rings. The molecule has 0 aromatic heterocycles. The minimum atomic E-state index is -0.247. The van der Waals surface area contributed by atoms with Crippen molar-refractivity contribution >= 4 is 17.7 Å². The second-order valence-electron chi connectivity index (χ2n) is 5.55. The van der Waals surface area contributed by atoms with Crippen LogP contribution in [0.2, 0.25) is 0 Å². The molecule has 0 aliphatic heterocycles. The fraction of sp³-hybridized carbons (Fsp3) is 0.562. The third-order valence-corrected chi connectivity index (χ3v) is 4.69. The molecule has 0 amide bonds. The Bertz CT molecular complexity index is 477. The van der Waals surface area contributed by atoms with E-state index in [1.807, 2.05) is 0 Å². The van der Waals surface area contributed by atoms with E-state index in [0.717, 1.165) is 18.1 Å². The summed E-state index contributed by atoms with van der Waals surface area (Å²) in [6, 6.07) is 6.35. The quantitative estimate of drug-likeness (QED) is 0.597. The second-order valence-corrected chi connectivity index (χ2v) is 7.06. The van der Waals surface area contributed by atoms with Crippen LogP contribution in [-0.4, -0.2) is 44.2 Å². The zero-order valence-corrected chi connectivity index (χ0v) is 14.8. The topological polar surface area (TPSA) is 45.7 Å². The Balaban J connectivity index is 2.55. The molecule has 6 heteroatoms. The van der Waals surface area contributed by atoms with Gasteiger partial charge in [0.25, 0.3) is 0 Å².